The lowest BCUT2D eigenvalue weighted by atomic mass is 10.2. The van der Waals surface area contributed by atoms with E-state index in [0.29, 0.717) is 17.2 Å². The van der Waals surface area contributed by atoms with Gasteiger partial charge in [-0.2, -0.15) is 0 Å². The number of imide groups is 1. The van der Waals surface area contributed by atoms with Crippen molar-refractivity contribution < 1.29 is 18.7 Å². The molecule has 1 aliphatic rings. The van der Waals surface area contributed by atoms with Crippen LogP contribution in [0.4, 0.5) is 9.18 Å². The first-order valence-electron chi connectivity index (χ1n) is 7.90. The molecule has 1 fully saturated rings. The Morgan fingerprint density at radius 3 is 2.69 bits per heavy atom. The second-order valence-corrected chi connectivity index (χ2v) is 7.69. The van der Waals surface area contributed by atoms with Crippen molar-refractivity contribution in [1.82, 2.24) is 4.90 Å². The smallest absolute Gasteiger partial charge is 0.293 e. The lowest BCUT2D eigenvalue weighted by Gasteiger charge is -2.09. The van der Waals surface area contributed by atoms with Gasteiger partial charge in [-0.3, -0.25) is 14.5 Å². The van der Waals surface area contributed by atoms with Crippen molar-refractivity contribution in [2.24, 2.45) is 0 Å². The highest BCUT2D eigenvalue weighted by Crippen LogP contribution is 2.33. The van der Waals surface area contributed by atoms with Gasteiger partial charge in [0, 0.05) is 6.54 Å². The van der Waals surface area contributed by atoms with Crippen molar-refractivity contribution in [2.75, 3.05) is 6.54 Å². The Morgan fingerprint density at radius 1 is 1.23 bits per heavy atom. The molecule has 4 nitrogen and oxygen atoms in total. The number of halogens is 2. The van der Waals surface area contributed by atoms with Crippen molar-refractivity contribution in [3.63, 3.8) is 0 Å². The number of thioether (sulfide) groups is 1. The first-order valence-corrected chi connectivity index (χ1v) is 9.79. The highest BCUT2D eigenvalue weighted by Gasteiger charge is 2.33. The van der Waals surface area contributed by atoms with E-state index in [1.807, 2.05) is 12.1 Å². The minimum absolute atomic E-state index is 0.242. The molecule has 2 aromatic carbocycles. The number of nitrogens with zero attached hydrogens (tertiary/aromatic N) is 1. The van der Waals surface area contributed by atoms with E-state index >= 15 is 0 Å². The molecule has 0 saturated carbocycles. The lowest BCUT2D eigenvalue weighted by molar-refractivity contribution is -0.122. The van der Waals surface area contributed by atoms with E-state index in [4.69, 9.17) is 4.74 Å². The quantitative estimate of drug-likeness (QED) is 0.441. The molecule has 0 unspecified atom stereocenters. The van der Waals surface area contributed by atoms with E-state index in [1.165, 1.54) is 17.0 Å². The first-order chi connectivity index (χ1) is 12.5. The van der Waals surface area contributed by atoms with Gasteiger partial charge in [-0.1, -0.05) is 18.2 Å². The van der Waals surface area contributed by atoms with Crippen LogP contribution in [0.3, 0.4) is 0 Å². The molecular formula is C19H15FINO3S. The minimum atomic E-state index is -0.294. The van der Waals surface area contributed by atoms with E-state index in [9.17, 15) is 14.0 Å². The second-order valence-electron chi connectivity index (χ2n) is 5.53. The number of rotatable bonds is 5. The molecule has 0 aliphatic carbocycles. The number of likely N-dealkylation sites (N-methyl/N-ethyl adjacent to an activating group) is 1. The summed E-state index contributed by atoms with van der Waals surface area (Å²) in [7, 11) is 0. The van der Waals surface area contributed by atoms with Crippen molar-refractivity contribution in [3.05, 3.63) is 67.9 Å². The Labute approximate surface area is 168 Å². The van der Waals surface area contributed by atoms with Crippen LogP contribution in [0.15, 0.2) is 47.4 Å². The fraction of sp³-hybridized carbons (Fsp3) is 0.158. The highest BCUT2D eigenvalue weighted by molar-refractivity contribution is 14.1. The second kappa shape index (κ2) is 8.22. The van der Waals surface area contributed by atoms with Crippen molar-refractivity contribution in [1.29, 1.82) is 0 Å². The normalized spacial score (nSPS) is 15.8. The van der Waals surface area contributed by atoms with Crippen molar-refractivity contribution in [3.8, 4) is 5.75 Å². The van der Waals surface area contributed by atoms with Gasteiger partial charge in [-0.15, -0.1) is 0 Å². The van der Waals surface area contributed by atoms with E-state index in [2.05, 4.69) is 22.6 Å². The van der Waals surface area contributed by atoms with Crippen LogP contribution in [-0.2, 0) is 11.4 Å². The molecule has 0 N–H and O–H groups in total. The molecule has 0 spiro atoms. The summed E-state index contributed by atoms with van der Waals surface area (Å²) in [5, 5.41) is -0.242. The minimum Gasteiger partial charge on any atom is -0.488 e. The van der Waals surface area contributed by atoms with E-state index < -0.39 is 0 Å². The molecule has 2 aromatic rings. The highest BCUT2D eigenvalue weighted by atomic mass is 127. The zero-order valence-corrected chi connectivity index (χ0v) is 16.8. The summed E-state index contributed by atoms with van der Waals surface area (Å²) >= 11 is 3.09. The Hall–Kier alpha value is -1.87. The van der Waals surface area contributed by atoms with E-state index in [-0.39, 0.29) is 23.6 Å². The summed E-state index contributed by atoms with van der Waals surface area (Å²) in [6, 6.07) is 11.8. The molecule has 1 aliphatic heterocycles. The van der Waals surface area contributed by atoms with Crippen LogP contribution in [0.5, 0.6) is 5.75 Å². The first kappa shape index (κ1) is 18.9. The number of carbonyl (C=O) groups excluding carboxylic acids is 2. The van der Waals surface area contributed by atoms with Gasteiger partial charge in [0.05, 0.1) is 8.48 Å². The molecule has 0 bridgehead atoms. The maximum absolute atomic E-state index is 13.2. The predicted octanol–water partition coefficient (Wildman–Crippen LogP) is 5.07. The van der Waals surface area contributed by atoms with E-state index in [1.54, 1.807) is 31.2 Å². The van der Waals surface area contributed by atoms with Gasteiger partial charge in [0.1, 0.15) is 18.2 Å². The van der Waals surface area contributed by atoms with Gasteiger partial charge in [0.2, 0.25) is 0 Å². The zero-order chi connectivity index (χ0) is 18.7. The SMILES string of the molecule is CCN1C(=O)S/C(=C/c2ccc(OCc3cccc(F)c3)c(I)c2)C1=O. The number of amides is 2. The molecule has 26 heavy (non-hydrogen) atoms. The standard InChI is InChI=1S/C19H15FINO3S/c1-2-22-18(23)17(26-19(22)24)10-12-6-7-16(15(21)9-12)25-11-13-4-3-5-14(20)8-13/h3-10H,2,11H2,1H3/b17-10+. The van der Waals surface area contributed by atoms with Gasteiger partial charge >= 0.3 is 0 Å². The Kier molecular flexibility index (Phi) is 5.98. The Bertz CT molecular complexity index is 900. The van der Waals surface area contributed by atoms with Crippen LogP contribution in [0.1, 0.15) is 18.1 Å². The summed E-state index contributed by atoms with van der Waals surface area (Å²) in [6.45, 7) is 2.40. The van der Waals surface area contributed by atoms with Crippen LogP contribution in [0, 0.1) is 9.39 Å². The monoisotopic (exact) mass is 483 g/mol. The third-order valence-electron chi connectivity index (χ3n) is 3.73. The number of carbonyl (C=O) groups is 2. The van der Waals surface area contributed by atoms with Gasteiger partial charge in [-0.05, 0) is 82.7 Å². The summed E-state index contributed by atoms with van der Waals surface area (Å²) < 4.78 is 19.8. The third kappa shape index (κ3) is 4.27. The average molecular weight is 483 g/mol. The molecule has 0 aromatic heterocycles. The number of hydrogen-bond acceptors (Lipinski definition) is 4. The van der Waals surface area contributed by atoms with Crippen LogP contribution in [-0.4, -0.2) is 22.6 Å². The van der Waals surface area contributed by atoms with E-state index in [0.717, 1.165) is 26.5 Å². The zero-order valence-electron chi connectivity index (χ0n) is 13.9. The summed E-state index contributed by atoms with van der Waals surface area (Å²) in [5.74, 6) is 0.120. The maximum atomic E-state index is 13.2. The molecule has 1 saturated heterocycles. The fourth-order valence-electron chi connectivity index (χ4n) is 2.44. The van der Waals surface area contributed by atoms with Crippen LogP contribution >= 0.6 is 34.4 Å². The Balaban J connectivity index is 1.73. The van der Waals surface area contributed by atoms with Crippen LogP contribution < -0.4 is 4.74 Å². The largest absolute Gasteiger partial charge is 0.488 e. The number of benzene rings is 2. The molecule has 0 atom stereocenters. The van der Waals surface area contributed by atoms with Crippen LogP contribution in [0.25, 0.3) is 6.08 Å². The molecule has 0 radical (unpaired) electrons. The maximum Gasteiger partial charge on any atom is 0.293 e. The molecule has 7 heteroatoms. The number of ether oxygens (including phenoxy) is 1. The molecule has 1 heterocycles. The molecule has 3 rings (SSSR count). The van der Waals surface area contributed by atoms with Gasteiger partial charge < -0.3 is 4.74 Å². The predicted molar refractivity (Wildman–Crippen MR) is 108 cm³/mol. The van der Waals surface area contributed by atoms with Crippen LogP contribution in [0.2, 0.25) is 0 Å². The third-order valence-corrected chi connectivity index (χ3v) is 5.48. The topological polar surface area (TPSA) is 46.6 Å². The van der Waals surface area contributed by atoms with Crippen molar-refractivity contribution in [2.45, 2.75) is 13.5 Å². The summed E-state index contributed by atoms with van der Waals surface area (Å²) in [5.41, 5.74) is 1.56. The molecule has 2 amide bonds. The van der Waals surface area contributed by atoms with Crippen molar-refractivity contribution >= 4 is 51.6 Å². The fourth-order valence-corrected chi connectivity index (χ4v) is 4.03. The van der Waals surface area contributed by atoms with Gasteiger partial charge in [0.15, 0.2) is 0 Å². The molecular weight excluding hydrogens is 468 g/mol. The van der Waals surface area contributed by atoms with Gasteiger partial charge in [-0.25, -0.2) is 4.39 Å². The summed E-state index contributed by atoms with van der Waals surface area (Å²) in [4.78, 5) is 25.5. The Morgan fingerprint density at radius 2 is 2.04 bits per heavy atom. The lowest BCUT2D eigenvalue weighted by Crippen LogP contribution is -2.27. The average Bonchev–Trinajstić information content (AvgIpc) is 2.87. The number of hydrogen-bond donors (Lipinski definition) is 0. The molecule has 134 valence electrons. The summed E-state index contributed by atoms with van der Waals surface area (Å²) in [6.07, 6.45) is 1.71. The van der Waals surface area contributed by atoms with Gasteiger partial charge in [0.25, 0.3) is 11.1 Å².